The number of nitrogens with zero attached hydrogens (tertiary/aromatic N) is 2. The summed E-state index contributed by atoms with van der Waals surface area (Å²) in [5.74, 6) is 0. The van der Waals surface area contributed by atoms with E-state index in [1.165, 1.54) is 6.20 Å². The molecule has 0 bridgehead atoms. The van der Waals surface area contributed by atoms with E-state index in [1.807, 2.05) is 0 Å². The van der Waals surface area contributed by atoms with E-state index in [0.29, 0.717) is 6.54 Å². The van der Waals surface area contributed by atoms with Crippen LogP contribution in [0.3, 0.4) is 0 Å². The fraction of sp³-hybridized carbons (Fsp3) is 0.222. The molecule has 0 saturated heterocycles. The van der Waals surface area contributed by atoms with E-state index >= 15 is 0 Å². The van der Waals surface area contributed by atoms with Crippen molar-refractivity contribution in [3.05, 3.63) is 28.6 Å². The topological polar surface area (TPSA) is 127 Å². The molecule has 0 saturated carbocycles. The zero-order chi connectivity index (χ0) is 14.8. The molecule has 0 unspecified atom stereocenters. The van der Waals surface area contributed by atoms with Gasteiger partial charge in [0.05, 0.1) is 11.1 Å². The van der Waals surface area contributed by atoms with Crippen molar-refractivity contribution < 1.29 is 17.9 Å². The first-order valence-corrected chi connectivity index (χ1v) is 7.68. The van der Waals surface area contributed by atoms with E-state index in [2.05, 4.69) is 19.7 Å². The van der Waals surface area contributed by atoms with Gasteiger partial charge in [-0.2, -0.15) is 0 Å². The zero-order valence-electron chi connectivity index (χ0n) is 10.2. The van der Waals surface area contributed by atoms with E-state index in [-0.39, 0.29) is 20.6 Å². The van der Waals surface area contributed by atoms with E-state index < -0.39 is 14.9 Å². The predicted octanol–water partition coefficient (Wildman–Crippen LogP) is 1.88. The third-order valence-corrected chi connectivity index (χ3v) is 5.11. The number of hydrogen-bond acceptors (Lipinski definition) is 8. The largest absolute Gasteiger partial charge is 0.372 e. The van der Waals surface area contributed by atoms with Crippen LogP contribution in [0.1, 0.15) is 6.92 Å². The first-order chi connectivity index (χ1) is 9.44. The van der Waals surface area contributed by atoms with Gasteiger partial charge in [-0.15, -0.1) is 0 Å². The van der Waals surface area contributed by atoms with Crippen LogP contribution in [0, 0.1) is 10.1 Å². The quantitative estimate of drug-likeness (QED) is 0.614. The SMILES string of the molecule is CCNc1sc(S(=O)(=O)Nc2cnoc2)cc1[N+](=O)[O-]. The van der Waals surface area contributed by atoms with Gasteiger partial charge in [-0.1, -0.05) is 16.5 Å². The molecule has 0 spiro atoms. The zero-order valence-corrected chi connectivity index (χ0v) is 11.8. The van der Waals surface area contributed by atoms with Crippen molar-refractivity contribution in [1.82, 2.24) is 5.16 Å². The number of nitrogens with one attached hydrogen (secondary N) is 2. The minimum absolute atomic E-state index is 0.144. The van der Waals surface area contributed by atoms with Gasteiger partial charge in [0.1, 0.15) is 16.2 Å². The number of thiophene rings is 1. The molecule has 108 valence electrons. The molecule has 2 aromatic heterocycles. The van der Waals surface area contributed by atoms with Crippen LogP contribution in [-0.4, -0.2) is 25.0 Å². The second-order valence-electron chi connectivity index (χ2n) is 3.59. The Morgan fingerprint density at radius 2 is 2.30 bits per heavy atom. The first kappa shape index (κ1) is 14.3. The van der Waals surface area contributed by atoms with Crippen molar-refractivity contribution in [3.8, 4) is 0 Å². The monoisotopic (exact) mass is 318 g/mol. The van der Waals surface area contributed by atoms with Crippen molar-refractivity contribution in [2.24, 2.45) is 0 Å². The number of hydrogen-bond donors (Lipinski definition) is 2. The minimum Gasteiger partial charge on any atom is -0.372 e. The van der Waals surface area contributed by atoms with Gasteiger partial charge in [0.2, 0.25) is 0 Å². The number of sulfonamides is 1. The molecule has 9 nitrogen and oxygen atoms in total. The second kappa shape index (κ2) is 5.46. The van der Waals surface area contributed by atoms with E-state index in [9.17, 15) is 18.5 Å². The molecule has 0 aliphatic rings. The minimum atomic E-state index is -3.91. The van der Waals surface area contributed by atoms with Crippen LogP contribution >= 0.6 is 11.3 Å². The highest BCUT2D eigenvalue weighted by Crippen LogP contribution is 2.37. The van der Waals surface area contributed by atoms with Gasteiger partial charge in [-0.05, 0) is 6.92 Å². The Bertz CT molecular complexity index is 707. The van der Waals surface area contributed by atoms with Crippen LogP contribution in [-0.2, 0) is 10.0 Å². The van der Waals surface area contributed by atoms with Gasteiger partial charge in [0.25, 0.3) is 10.0 Å². The van der Waals surface area contributed by atoms with Gasteiger partial charge >= 0.3 is 5.69 Å². The summed E-state index contributed by atoms with van der Waals surface area (Å²) in [5.41, 5.74) is -0.131. The lowest BCUT2D eigenvalue weighted by atomic mass is 10.5. The number of rotatable bonds is 6. The molecular weight excluding hydrogens is 308 g/mol. The summed E-state index contributed by atoms with van der Waals surface area (Å²) in [7, 11) is -3.91. The summed E-state index contributed by atoms with van der Waals surface area (Å²) in [6.45, 7) is 2.20. The third kappa shape index (κ3) is 2.88. The van der Waals surface area contributed by atoms with Crippen LogP contribution < -0.4 is 10.0 Å². The number of nitro groups is 1. The van der Waals surface area contributed by atoms with E-state index in [1.54, 1.807) is 6.92 Å². The number of aromatic nitrogens is 1. The Kier molecular flexibility index (Phi) is 3.90. The van der Waals surface area contributed by atoms with Gasteiger partial charge < -0.3 is 9.84 Å². The molecule has 0 radical (unpaired) electrons. The molecular formula is C9H10N4O5S2. The Hall–Kier alpha value is -2.14. The van der Waals surface area contributed by atoms with Crippen molar-refractivity contribution in [1.29, 1.82) is 0 Å². The summed E-state index contributed by atoms with van der Waals surface area (Å²) in [6, 6.07) is 1.01. The maximum absolute atomic E-state index is 12.1. The second-order valence-corrected chi connectivity index (χ2v) is 6.55. The fourth-order valence-corrected chi connectivity index (χ4v) is 3.79. The van der Waals surface area contributed by atoms with E-state index in [4.69, 9.17) is 0 Å². The summed E-state index contributed by atoms with van der Waals surface area (Å²) in [6.07, 6.45) is 2.30. The van der Waals surface area contributed by atoms with Gasteiger partial charge in [0.15, 0.2) is 5.00 Å². The molecule has 2 rings (SSSR count). The maximum atomic E-state index is 12.1. The predicted molar refractivity (Wildman–Crippen MR) is 72.4 cm³/mol. The van der Waals surface area contributed by atoms with Crippen LogP contribution in [0.25, 0.3) is 0 Å². The average molecular weight is 318 g/mol. The highest BCUT2D eigenvalue weighted by Gasteiger charge is 2.26. The summed E-state index contributed by atoms with van der Waals surface area (Å²) in [5, 5.41) is 17.2. The van der Waals surface area contributed by atoms with Crippen molar-refractivity contribution in [2.45, 2.75) is 11.1 Å². The Labute approximate surface area is 117 Å². The Morgan fingerprint density at radius 1 is 1.55 bits per heavy atom. The van der Waals surface area contributed by atoms with Crippen molar-refractivity contribution in [2.75, 3.05) is 16.6 Å². The lowest BCUT2D eigenvalue weighted by molar-refractivity contribution is -0.383. The molecule has 0 fully saturated rings. The van der Waals surface area contributed by atoms with Crippen LogP contribution in [0.4, 0.5) is 16.4 Å². The number of anilines is 2. The van der Waals surface area contributed by atoms with E-state index in [0.717, 1.165) is 23.7 Å². The normalized spacial score (nSPS) is 11.2. The smallest absolute Gasteiger partial charge is 0.304 e. The maximum Gasteiger partial charge on any atom is 0.304 e. The Balaban J connectivity index is 2.36. The fourth-order valence-electron chi connectivity index (χ4n) is 1.38. The summed E-state index contributed by atoms with van der Waals surface area (Å²) >= 11 is 0.787. The molecule has 2 aromatic rings. The van der Waals surface area contributed by atoms with Crippen LogP contribution in [0.5, 0.6) is 0 Å². The standard InChI is InChI=1S/C9H10N4O5S2/c1-2-10-9-7(13(14)15)3-8(19-9)20(16,17)12-6-4-11-18-5-6/h3-5,10,12H,2H2,1H3. The third-order valence-electron chi connectivity index (χ3n) is 2.17. The molecule has 0 amide bonds. The summed E-state index contributed by atoms with van der Waals surface area (Å²) < 4.78 is 30.7. The molecule has 0 aliphatic carbocycles. The molecule has 0 atom stereocenters. The summed E-state index contributed by atoms with van der Waals surface area (Å²) in [4.78, 5) is 10.3. The van der Waals surface area contributed by atoms with Gasteiger partial charge in [0, 0.05) is 12.6 Å². The first-order valence-electron chi connectivity index (χ1n) is 5.38. The average Bonchev–Trinajstić information content (AvgIpc) is 2.98. The molecule has 0 aliphatic heterocycles. The van der Waals surface area contributed by atoms with Crippen molar-refractivity contribution >= 4 is 37.7 Å². The molecule has 2 heterocycles. The molecule has 2 N–H and O–H groups in total. The lowest BCUT2D eigenvalue weighted by Crippen LogP contribution is -2.10. The van der Waals surface area contributed by atoms with Crippen molar-refractivity contribution in [3.63, 3.8) is 0 Å². The van der Waals surface area contributed by atoms with Crippen LogP contribution in [0.2, 0.25) is 0 Å². The highest BCUT2D eigenvalue weighted by atomic mass is 32.2. The van der Waals surface area contributed by atoms with Gasteiger partial charge in [-0.25, -0.2) is 8.42 Å². The molecule has 20 heavy (non-hydrogen) atoms. The van der Waals surface area contributed by atoms with Gasteiger partial charge in [-0.3, -0.25) is 14.8 Å². The molecule has 0 aromatic carbocycles. The lowest BCUT2D eigenvalue weighted by Gasteiger charge is -2.01. The molecule has 11 heteroatoms. The van der Waals surface area contributed by atoms with Crippen LogP contribution in [0.15, 0.2) is 27.3 Å². The Morgan fingerprint density at radius 3 is 2.85 bits per heavy atom. The highest BCUT2D eigenvalue weighted by molar-refractivity contribution is 7.94.